The monoisotopic (exact) mass is 351 g/mol. The van der Waals surface area contributed by atoms with E-state index < -0.39 is 0 Å². The number of carbonyl (C=O) groups is 1. The third-order valence-electron chi connectivity index (χ3n) is 4.99. The molecule has 0 bridgehead atoms. The molecule has 134 valence electrons. The Morgan fingerprint density at radius 3 is 2.96 bits per heavy atom. The first-order valence-electron chi connectivity index (χ1n) is 8.90. The largest absolute Gasteiger partial charge is 0.361 e. The highest BCUT2D eigenvalue weighted by molar-refractivity contribution is 5.96. The maximum atomic E-state index is 13.2. The summed E-state index contributed by atoms with van der Waals surface area (Å²) in [6, 6.07) is 3.87. The predicted molar refractivity (Wildman–Crippen MR) is 95.4 cm³/mol. The third-order valence-corrected chi connectivity index (χ3v) is 4.99. The molecule has 0 unspecified atom stereocenters. The Labute approximate surface area is 151 Å². The van der Waals surface area contributed by atoms with Gasteiger partial charge in [-0.2, -0.15) is 5.10 Å². The van der Waals surface area contributed by atoms with Crippen LogP contribution in [0.3, 0.4) is 0 Å². The van der Waals surface area contributed by atoms with Crippen LogP contribution in [0.1, 0.15) is 53.3 Å². The predicted octanol–water partition coefficient (Wildman–Crippen LogP) is 3.31. The Balaban J connectivity index is 1.69. The number of hydrogen-bond acceptors (Lipinski definition) is 5. The van der Waals surface area contributed by atoms with Gasteiger partial charge in [-0.1, -0.05) is 12.1 Å². The van der Waals surface area contributed by atoms with Gasteiger partial charge in [0.05, 0.1) is 23.6 Å². The van der Waals surface area contributed by atoms with Crippen molar-refractivity contribution in [2.45, 2.75) is 39.2 Å². The van der Waals surface area contributed by atoms with Crippen molar-refractivity contribution in [3.63, 3.8) is 0 Å². The zero-order chi connectivity index (χ0) is 18.1. The summed E-state index contributed by atoms with van der Waals surface area (Å²) >= 11 is 0. The molecule has 26 heavy (non-hydrogen) atoms. The second-order valence-corrected chi connectivity index (χ2v) is 6.50. The average molecular weight is 351 g/mol. The minimum absolute atomic E-state index is 0.0154. The summed E-state index contributed by atoms with van der Waals surface area (Å²) in [5.41, 5.74) is 4.34. The zero-order valence-electron chi connectivity index (χ0n) is 14.9. The van der Waals surface area contributed by atoms with Crippen LogP contribution in [0.4, 0.5) is 0 Å². The van der Waals surface area contributed by atoms with E-state index in [0.29, 0.717) is 24.3 Å². The summed E-state index contributed by atoms with van der Waals surface area (Å²) in [6.45, 7) is 4.49. The number of likely N-dealkylation sites (tertiary alicyclic amines) is 1. The van der Waals surface area contributed by atoms with Crippen LogP contribution in [0.25, 0.3) is 11.1 Å². The number of aryl methyl sites for hydroxylation is 2. The molecular formula is C19H21N5O2. The van der Waals surface area contributed by atoms with Crippen molar-refractivity contribution >= 4 is 5.91 Å². The van der Waals surface area contributed by atoms with Crippen LogP contribution < -0.4 is 0 Å². The Morgan fingerprint density at radius 1 is 1.38 bits per heavy atom. The quantitative estimate of drug-likeness (QED) is 0.779. The van der Waals surface area contributed by atoms with Crippen molar-refractivity contribution in [3.05, 3.63) is 53.4 Å². The molecule has 0 aliphatic carbocycles. The molecule has 1 N–H and O–H groups in total. The lowest BCUT2D eigenvalue weighted by Crippen LogP contribution is -2.31. The van der Waals surface area contributed by atoms with Crippen LogP contribution >= 0.6 is 0 Å². The number of aromatic nitrogens is 4. The molecule has 4 heterocycles. The summed E-state index contributed by atoms with van der Waals surface area (Å²) in [5.74, 6) is 0.565. The van der Waals surface area contributed by atoms with Crippen LogP contribution in [0.2, 0.25) is 0 Å². The lowest BCUT2D eigenvalue weighted by atomic mass is 10.0. The number of carbonyl (C=O) groups excluding carboxylic acids is 1. The van der Waals surface area contributed by atoms with Crippen LogP contribution in [-0.4, -0.2) is 37.7 Å². The van der Waals surface area contributed by atoms with E-state index >= 15 is 0 Å². The summed E-state index contributed by atoms with van der Waals surface area (Å²) in [7, 11) is 0. The van der Waals surface area contributed by atoms with E-state index in [0.717, 1.165) is 35.4 Å². The van der Waals surface area contributed by atoms with Gasteiger partial charge >= 0.3 is 0 Å². The second-order valence-electron chi connectivity index (χ2n) is 6.50. The summed E-state index contributed by atoms with van der Waals surface area (Å²) < 4.78 is 5.26. The molecule has 0 spiro atoms. The minimum atomic E-state index is -0.0350. The second kappa shape index (κ2) is 6.74. The summed E-state index contributed by atoms with van der Waals surface area (Å²) in [5, 5.41) is 11.4. The highest BCUT2D eigenvalue weighted by Gasteiger charge is 2.35. The lowest BCUT2D eigenvalue weighted by molar-refractivity contribution is 0.0730. The van der Waals surface area contributed by atoms with Gasteiger partial charge in [-0.25, -0.2) is 0 Å². The molecule has 7 heteroatoms. The maximum Gasteiger partial charge on any atom is 0.259 e. The Bertz CT molecular complexity index is 915. The molecule has 1 atom stereocenters. The molecule has 1 saturated heterocycles. The fraction of sp³-hybridized carbons (Fsp3) is 0.368. The van der Waals surface area contributed by atoms with Crippen molar-refractivity contribution in [1.29, 1.82) is 0 Å². The van der Waals surface area contributed by atoms with Gasteiger partial charge in [-0.15, -0.1) is 0 Å². The summed E-state index contributed by atoms with van der Waals surface area (Å²) in [6.07, 6.45) is 7.86. The lowest BCUT2D eigenvalue weighted by Gasteiger charge is -2.25. The number of nitrogens with one attached hydrogen (secondary N) is 1. The molecule has 3 aromatic rings. The first-order chi connectivity index (χ1) is 12.7. The Kier molecular flexibility index (Phi) is 4.28. The molecular weight excluding hydrogens is 330 g/mol. The van der Waals surface area contributed by atoms with Gasteiger partial charge in [0.15, 0.2) is 0 Å². The molecule has 1 aliphatic heterocycles. The number of amides is 1. The van der Waals surface area contributed by atoms with Gasteiger partial charge < -0.3 is 9.42 Å². The molecule has 1 amide bonds. The summed E-state index contributed by atoms with van der Waals surface area (Å²) in [4.78, 5) is 19.2. The fourth-order valence-corrected chi connectivity index (χ4v) is 3.70. The van der Waals surface area contributed by atoms with Crippen molar-refractivity contribution in [2.24, 2.45) is 0 Å². The molecule has 1 aliphatic rings. The van der Waals surface area contributed by atoms with E-state index in [1.54, 1.807) is 19.3 Å². The van der Waals surface area contributed by atoms with Gasteiger partial charge in [0.2, 0.25) is 0 Å². The number of nitrogens with zero attached hydrogens (tertiary/aromatic N) is 4. The van der Waals surface area contributed by atoms with Crippen LogP contribution in [0.5, 0.6) is 0 Å². The first kappa shape index (κ1) is 16.5. The fourth-order valence-electron chi connectivity index (χ4n) is 3.70. The molecule has 3 aromatic heterocycles. The standard InChI is InChI=1S/C19H21N5O2/c1-3-15-17(12(2)26-23-15)19(25)24-10-4-5-16(24)18-14(11-21-22-18)13-6-8-20-9-7-13/h6-9,11,16H,3-5,10H2,1-2H3,(H,21,22)/t16-/m0/s1. The maximum absolute atomic E-state index is 13.2. The SMILES string of the molecule is CCc1noc(C)c1C(=O)N1CCC[C@H]1c1[nH]ncc1-c1ccncc1. The average Bonchev–Trinajstić information content (AvgIpc) is 3.40. The zero-order valence-corrected chi connectivity index (χ0v) is 14.9. The smallest absolute Gasteiger partial charge is 0.259 e. The number of hydrogen-bond donors (Lipinski definition) is 1. The van der Waals surface area contributed by atoms with E-state index in [2.05, 4.69) is 20.3 Å². The normalized spacial score (nSPS) is 17.0. The topological polar surface area (TPSA) is 87.9 Å². The highest BCUT2D eigenvalue weighted by atomic mass is 16.5. The molecule has 0 saturated carbocycles. The van der Waals surface area contributed by atoms with E-state index in [4.69, 9.17) is 4.52 Å². The van der Waals surface area contributed by atoms with Gasteiger partial charge in [-0.05, 0) is 43.9 Å². The number of rotatable bonds is 4. The molecule has 1 fully saturated rings. The van der Waals surface area contributed by atoms with Gasteiger partial charge in [0, 0.05) is 24.5 Å². The highest BCUT2D eigenvalue weighted by Crippen LogP contribution is 2.37. The van der Waals surface area contributed by atoms with Crippen molar-refractivity contribution < 1.29 is 9.32 Å². The molecule has 0 aromatic carbocycles. The molecule has 4 rings (SSSR count). The first-order valence-corrected chi connectivity index (χ1v) is 8.90. The van der Waals surface area contributed by atoms with E-state index in [1.807, 2.05) is 30.2 Å². The van der Waals surface area contributed by atoms with Crippen LogP contribution in [0.15, 0.2) is 35.2 Å². The number of pyridine rings is 1. The van der Waals surface area contributed by atoms with Gasteiger partial charge in [-0.3, -0.25) is 14.9 Å². The Hall–Kier alpha value is -2.96. The van der Waals surface area contributed by atoms with E-state index in [-0.39, 0.29) is 11.9 Å². The molecule has 0 radical (unpaired) electrons. The van der Waals surface area contributed by atoms with Crippen LogP contribution in [-0.2, 0) is 6.42 Å². The minimum Gasteiger partial charge on any atom is -0.361 e. The van der Waals surface area contributed by atoms with Crippen molar-refractivity contribution in [2.75, 3.05) is 6.54 Å². The van der Waals surface area contributed by atoms with Crippen LogP contribution in [0, 0.1) is 6.92 Å². The number of aromatic amines is 1. The third kappa shape index (κ3) is 2.69. The van der Waals surface area contributed by atoms with Gasteiger partial charge in [0.25, 0.3) is 5.91 Å². The Morgan fingerprint density at radius 2 is 2.19 bits per heavy atom. The van der Waals surface area contributed by atoms with Crippen molar-refractivity contribution in [1.82, 2.24) is 25.2 Å². The van der Waals surface area contributed by atoms with E-state index in [1.165, 1.54) is 0 Å². The van der Waals surface area contributed by atoms with Crippen molar-refractivity contribution in [3.8, 4) is 11.1 Å². The van der Waals surface area contributed by atoms with E-state index in [9.17, 15) is 4.79 Å². The molecule has 7 nitrogen and oxygen atoms in total. The van der Waals surface area contributed by atoms with Gasteiger partial charge in [0.1, 0.15) is 11.3 Å². The number of H-pyrrole nitrogens is 1.